The third-order valence-corrected chi connectivity index (χ3v) is 6.21. The quantitative estimate of drug-likeness (QED) is 0.547. The van der Waals surface area contributed by atoms with E-state index in [9.17, 15) is 9.59 Å². The highest BCUT2D eigenvalue weighted by atomic mass is 32.2. The lowest BCUT2D eigenvalue weighted by Crippen LogP contribution is -2.43. The van der Waals surface area contributed by atoms with Crippen LogP contribution in [0.4, 0.5) is 4.79 Å². The van der Waals surface area contributed by atoms with Gasteiger partial charge in [0.05, 0.1) is 0 Å². The van der Waals surface area contributed by atoms with Crippen LogP contribution in [0.3, 0.4) is 0 Å². The van der Waals surface area contributed by atoms with Crippen molar-refractivity contribution in [2.24, 2.45) is 0 Å². The van der Waals surface area contributed by atoms with Crippen LogP contribution in [0.15, 0.2) is 70.8 Å². The summed E-state index contributed by atoms with van der Waals surface area (Å²) in [5.74, 6) is 0.408. The molecule has 2 N–H and O–H groups in total. The second-order valence-corrected chi connectivity index (χ2v) is 8.32. The van der Waals surface area contributed by atoms with Crippen molar-refractivity contribution < 1.29 is 14.3 Å². The molecule has 7 nitrogen and oxygen atoms in total. The summed E-state index contributed by atoms with van der Waals surface area (Å²) in [6.45, 7) is 4.29. The number of aryl methyl sites for hydroxylation is 1. The molecule has 1 unspecified atom stereocenters. The van der Waals surface area contributed by atoms with E-state index in [-0.39, 0.29) is 5.91 Å². The first-order chi connectivity index (χ1) is 15.0. The number of imide groups is 1. The molecule has 1 aliphatic heterocycles. The lowest BCUT2D eigenvalue weighted by atomic mass is 9.88. The number of hydrogen-bond donors (Lipinski definition) is 2. The van der Waals surface area contributed by atoms with Gasteiger partial charge in [-0.05, 0) is 61.4 Å². The zero-order chi connectivity index (χ0) is 21.8. The topological polar surface area (TPSA) is 93.2 Å². The van der Waals surface area contributed by atoms with Crippen molar-refractivity contribution >= 4 is 23.7 Å². The molecule has 0 spiro atoms. The number of urea groups is 1. The van der Waals surface area contributed by atoms with Crippen molar-refractivity contribution in [2.45, 2.75) is 42.2 Å². The van der Waals surface area contributed by atoms with E-state index in [1.54, 1.807) is 18.6 Å². The Morgan fingerprint density at radius 1 is 1.10 bits per heavy atom. The summed E-state index contributed by atoms with van der Waals surface area (Å²) >= 11 is 1.51. The molecule has 1 fully saturated rings. The Labute approximate surface area is 184 Å². The fourth-order valence-electron chi connectivity index (χ4n) is 3.50. The molecule has 3 aromatic rings. The summed E-state index contributed by atoms with van der Waals surface area (Å²) in [4.78, 5) is 34.6. The van der Waals surface area contributed by atoms with E-state index in [0.29, 0.717) is 18.6 Å². The Bertz CT molecular complexity index is 1120. The molecular formula is C23H22N4O3S. The van der Waals surface area contributed by atoms with Crippen LogP contribution in [-0.2, 0) is 16.9 Å². The minimum atomic E-state index is -1.11. The zero-order valence-electron chi connectivity index (χ0n) is 17.2. The van der Waals surface area contributed by atoms with E-state index in [0.717, 1.165) is 26.8 Å². The zero-order valence-corrected chi connectivity index (χ0v) is 18.0. The number of carbonyl (C=O) groups excluding carboxylic acids is 2. The number of pyridine rings is 2. The molecule has 0 radical (unpaired) electrons. The van der Waals surface area contributed by atoms with Crippen molar-refractivity contribution in [1.82, 2.24) is 20.6 Å². The summed E-state index contributed by atoms with van der Waals surface area (Å²) < 4.78 is 5.87. The number of carbonyl (C=O) groups is 2. The van der Waals surface area contributed by atoms with Crippen LogP contribution in [0.5, 0.6) is 5.75 Å². The molecule has 3 amide bonds. The first-order valence-electron chi connectivity index (χ1n) is 9.90. The molecular weight excluding hydrogens is 412 g/mol. The predicted octanol–water partition coefficient (Wildman–Crippen LogP) is 3.96. The molecule has 1 aromatic carbocycles. The molecule has 1 aliphatic rings. The maximum Gasteiger partial charge on any atom is 0.322 e. The number of nitrogens with zero attached hydrogens (tertiary/aromatic N) is 2. The maximum absolute atomic E-state index is 12.5. The maximum atomic E-state index is 12.5. The van der Waals surface area contributed by atoms with Gasteiger partial charge in [-0.3, -0.25) is 20.1 Å². The van der Waals surface area contributed by atoms with E-state index in [2.05, 4.69) is 20.6 Å². The highest BCUT2D eigenvalue weighted by Gasteiger charge is 2.47. The van der Waals surface area contributed by atoms with E-state index in [1.165, 1.54) is 11.8 Å². The summed E-state index contributed by atoms with van der Waals surface area (Å²) in [5.41, 5.74) is 1.59. The lowest BCUT2D eigenvalue weighted by Gasteiger charge is -2.26. The molecule has 2 aromatic heterocycles. The second kappa shape index (κ2) is 8.77. The largest absolute Gasteiger partial charge is 0.489 e. The third kappa shape index (κ3) is 4.39. The Morgan fingerprint density at radius 2 is 1.90 bits per heavy atom. The van der Waals surface area contributed by atoms with Crippen LogP contribution in [-0.4, -0.2) is 21.9 Å². The Kier molecular flexibility index (Phi) is 5.90. The normalized spacial score (nSPS) is 17.9. The van der Waals surface area contributed by atoms with E-state index < -0.39 is 11.6 Å². The van der Waals surface area contributed by atoms with Crippen LogP contribution in [0.25, 0.3) is 0 Å². The Balaban J connectivity index is 1.50. The Hall–Kier alpha value is -3.39. The first kappa shape index (κ1) is 20.9. The smallest absolute Gasteiger partial charge is 0.322 e. The summed E-state index contributed by atoms with van der Waals surface area (Å²) in [6, 6.07) is 13.1. The monoisotopic (exact) mass is 434 g/mol. The van der Waals surface area contributed by atoms with Crippen molar-refractivity contribution in [3.8, 4) is 5.75 Å². The van der Waals surface area contributed by atoms with Gasteiger partial charge in [-0.1, -0.05) is 18.7 Å². The van der Waals surface area contributed by atoms with Crippen molar-refractivity contribution in [2.75, 3.05) is 0 Å². The molecule has 158 valence electrons. The van der Waals surface area contributed by atoms with E-state index in [1.807, 2.05) is 56.3 Å². The molecule has 0 bridgehead atoms. The number of benzene rings is 1. The van der Waals surface area contributed by atoms with Gasteiger partial charge < -0.3 is 10.1 Å². The second-order valence-electron chi connectivity index (χ2n) is 7.21. The van der Waals surface area contributed by atoms with Crippen LogP contribution < -0.4 is 15.4 Å². The van der Waals surface area contributed by atoms with Crippen LogP contribution in [0.2, 0.25) is 0 Å². The van der Waals surface area contributed by atoms with Gasteiger partial charge in [0.1, 0.15) is 17.9 Å². The number of ether oxygens (including phenoxy) is 1. The van der Waals surface area contributed by atoms with E-state index in [4.69, 9.17) is 4.74 Å². The SMILES string of the molecule is CCC1(c2cnccc2Sc2ccc(OCc3ccnc(C)c3)cc2)NC(=O)NC1=O. The van der Waals surface area contributed by atoms with Crippen molar-refractivity contribution in [1.29, 1.82) is 0 Å². The number of aromatic nitrogens is 2. The highest BCUT2D eigenvalue weighted by molar-refractivity contribution is 7.99. The highest BCUT2D eigenvalue weighted by Crippen LogP contribution is 2.38. The minimum absolute atomic E-state index is 0.357. The lowest BCUT2D eigenvalue weighted by molar-refractivity contribution is -0.124. The van der Waals surface area contributed by atoms with Crippen molar-refractivity contribution in [3.05, 3.63) is 77.9 Å². The first-order valence-corrected chi connectivity index (χ1v) is 10.7. The average Bonchev–Trinajstić information content (AvgIpc) is 3.07. The molecule has 3 heterocycles. The van der Waals surface area contributed by atoms with Gasteiger partial charge >= 0.3 is 6.03 Å². The fourth-order valence-corrected chi connectivity index (χ4v) is 4.50. The van der Waals surface area contributed by atoms with E-state index >= 15 is 0 Å². The molecule has 31 heavy (non-hydrogen) atoms. The van der Waals surface area contributed by atoms with Gasteiger partial charge in [0.25, 0.3) is 5.91 Å². The van der Waals surface area contributed by atoms with Gasteiger partial charge in [-0.15, -0.1) is 0 Å². The number of hydrogen-bond acceptors (Lipinski definition) is 6. The standard InChI is InChI=1S/C23H22N4O3S/c1-3-23(21(28)26-22(29)27-23)19-13-24-10-9-20(19)31-18-6-4-17(5-7-18)30-14-16-8-11-25-15(2)12-16/h4-13H,3,14H2,1-2H3,(H2,26,27,28,29). The predicted molar refractivity (Wildman–Crippen MR) is 117 cm³/mol. The average molecular weight is 435 g/mol. The summed E-state index contributed by atoms with van der Waals surface area (Å²) in [6.07, 6.45) is 5.52. The molecule has 8 heteroatoms. The third-order valence-electron chi connectivity index (χ3n) is 5.13. The summed E-state index contributed by atoms with van der Waals surface area (Å²) in [5, 5.41) is 5.12. The molecule has 1 saturated heterocycles. The van der Waals surface area contributed by atoms with Gasteiger partial charge in [-0.25, -0.2) is 4.79 Å². The van der Waals surface area contributed by atoms with Gasteiger partial charge in [0.2, 0.25) is 0 Å². The van der Waals surface area contributed by atoms with Gasteiger partial charge in [-0.2, -0.15) is 0 Å². The summed E-state index contributed by atoms with van der Waals surface area (Å²) in [7, 11) is 0. The Morgan fingerprint density at radius 3 is 2.58 bits per heavy atom. The van der Waals surface area contributed by atoms with Crippen molar-refractivity contribution in [3.63, 3.8) is 0 Å². The van der Waals surface area contributed by atoms with Gasteiger partial charge in [0, 0.05) is 39.6 Å². The van der Waals surface area contributed by atoms with Crippen LogP contribution in [0, 0.1) is 6.92 Å². The fraction of sp³-hybridized carbons (Fsp3) is 0.217. The minimum Gasteiger partial charge on any atom is -0.489 e. The number of rotatable bonds is 7. The van der Waals surface area contributed by atoms with Gasteiger partial charge in [0.15, 0.2) is 0 Å². The molecule has 4 rings (SSSR count). The van der Waals surface area contributed by atoms with Crippen LogP contribution in [0.1, 0.15) is 30.2 Å². The number of amides is 3. The van der Waals surface area contributed by atoms with Crippen LogP contribution >= 0.6 is 11.8 Å². The molecule has 0 aliphatic carbocycles. The molecule has 1 atom stereocenters. The molecule has 0 saturated carbocycles. The number of nitrogens with one attached hydrogen (secondary N) is 2.